The van der Waals surface area contributed by atoms with Crippen LogP contribution in [-0.4, -0.2) is 54.6 Å². The Morgan fingerprint density at radius 3 is 2.31 bits per heavy atom. The maximum Gasteiger partial charge on any atom is 0.124 e. The summed E-state index contributed by atoms with van der Waals surface area (Å²) in [5.41, 5.74) is 1.11. The zero-order chi connectivity index (χ0) is 19.4. The van der Waals surface area contributed by atoms with Gasteiger partial charge in [0.25, 0.3) is 0 Å². The van der Waals surface area contributed by atoms with Crippen molar-refractivity contribution in [3.8, 4) is 11.5 Å². The van der Waals surface area contributed by atoms with Crippen molar-refractivity contribution >= 4 is 0 Å². The van der Waals surface area contributed by atoms with Crippen molar-refractivity contribution in [1.82, 2.24) is 4.90 Å². The van der Waals surface area contributed by atoms with E-state index < -0.39 is 6.10 Å². The van der Waals surface area contributed by atoms with Crippen molar-refractivity contribution in [2.75, 3.05) is 27.4 Å². The predicted octanol–water partition coefficient (Wildman–Crippen LogP) is 3.62. The third-order valence-corrected chi connectivity index (χ3v) is 5.49. The Bertz CT molecular complexity index is 569. The van der Waals surface area contributed by atoms with Crippen LogP contribution in [0.15, 0.2) is 18.2 Å². The summed E-state index contributed by atoms with van der Waals surface area (Å²) in [5.74, 6) is 1.53. The topological polar surface area (TPSA) is 51.2 Å². The van der Waals surface area contributed by atoms with E-state index in [1.165, 1.54) is 6.42 Å². The summed E-state index contributed by atoms with van der Waals surface area (Å²) in [6.07, 6.45) is 3.03. The van der Waals surface area contributed by atoms with Crippen molar-refractivity contribution in [2.24, 2.45) is 0 Å². The number of benzene rings is 1. The van der Waals surface area contributed by atoms with Crippen LogP contribution in [0.5, 0.6) is 11.5 Å². The molecule has 0 radical (unpaired) electrons. The Balaban J connectivity index is 1.92. The van der Waals surface area contributed by atoms with Crippen molar-refractivity contribution in [3.05, 3.63) is 23.8 Å². The number of piperidine rings is 1. The molecule has 5 heteroatoms. The van der Waals surface area contributed by atoms with Crippen LogP contribution >= 0.6 is 0 Å². The summed E-state index contributed by atoms with van der Waals surface area (Å²) < 4.78 is 16.4. The Hall–Kier alpha value is -1.30. The van der Waals surface area contributed by atoms with Gasteiger partial charge in [0.2, 0.25) is 0 Å². The van der Waals surface area contributed by atoms with E-state index in [4.69, 9.17) is 14.2 Å². The minimum Gasteiger partial charge on any atom is -0.497 e. The van der Waals surface area contributed by atoms with Gasteiger partial charge in [-0.25, -0.2) is 0 Å². The van der Waals surface area contributed by atoms with E-state index in [-0.39, 0.29) is 11.1 Å². The zero-order valence-electron chi connectivity index (χ0n) is 17.2. The number of hydrogen-bond donors (Lipinski definition) is 1. The number of methoxy groups -OCH3 is 2. The minimum atomic E-state index is -0.525. The Morgan fingerprint density at radius 1 is 1.08 bits per heavy atom. The second kappa shape index (κ2) is 8.59. The summed E-state index contributed by atoms with van der Waals surface area (Å²) in [6.45, 7) is 10.4. The maximum atomic E-state index is 10.5. The van der Waals surface area contributed by atoms with Gasteiger partial charge in [-0.2, -0.15) is 0 Å². The average Bonchev–Trinajstić information content (AvgIpc) is 2.57. The molecule has 0 amide bonds. The minimum absolute atomic E-state index is 0.0960. The largest absolute Gasteiger partial charge is 0.497 e. The van der Waals surface area contributed by atoms with E-state index in [1.807, 2.05) is 18.2 Å². The van der Waals surface area contributed by atoms with Gasteiger partial charge >= 0.3 is 0 Å². The first-order valence-electron chi connectivity index (χ1n) is 9.44. The molecule has 1 aliphatic rings. The van der Waals surface area contributed by atoms with Gasteiger partial charge in [-0.1, -0.05) is 0 Å². The molecular weight excluding hydrogens is 330 g/mol. The molecule has 0 bridgehead atoms. The van der Waals surface area contributed by atoms with Gasteiger partial charge in [-0.3, -0.25) is 4.90 Å². The number of nitrogens with zero attached hydrogens (tertiary/aromatic N) is 1. The normalized spacial score (nSPS) is 20.6. The number of ether oxygens (including phenoxy) is 3. The fourth-order valence-corrected chi connectivity index (χ4v) is 4.10. The van der Waals surface area contributed by atoms with Gasteiger partial charge in [-0.05, 0) is 65.2 Å². The first-order valence-corrected chi connectivity index (χ1v) is 9.44. The van der Waals surface area contributed by atoms with Gasteiger partial charge in [0.15, 0.2) is 0 Å². The molecule has 1 atom stereocenters. The van der Waals surface area contributed by atoms with Crippen molar-refractivity contribution in [3.63, 3.8) is 0 Å². The van der Waals surface area contributed by atoms with Crippen LogP contribution < -0.4 is 9.47 Å². The van der Waals surface area contributed by atoms with Crippen LogP contribution in [-0.2, 0) is 11.3 Å². The molecule has 0 aromatic heterocycles. The lowest BCUT2D eigenvalue weighted by Gasteiger charge is -2.53. The molecule has 0 aliphatic carbocycles. The quantitative estimate of drug-likeness (QED) is 0.762. The third-order valence-electron chi connectivity index (χ3n) is 5.49. The maximum absolute atomic E-state index is 10.5. The summed E-state index contributed by atoms with van der Waals surface area (Å²) in [6, 6.07) is 5.63. The SMILES string of the molecule is COc1ccc(OC)c(COCC(O)CN2C(C)(C)CCCC2(C)C)c1. The van der Waals surface area contributed by atoms with Crippen LogP contribution in [0.2, 0.25) is 0 Å². The first kappa shape index (κ1) is 21.0. The van der Waals surface area contributed by atoms with Crippen molar-refractivity contribution in [1.29, 1.82) is 0 Å². The molecule has 1 aromatic rings. The molecule has 26 heavy (non-hydrogen) atoms. The third kappa shape index (κ3) is 5.12. The highest BCUT2D eigenvalue weighted by Crippen LogP contribution is 2.38. The Kier molecular flexibility index (Phi) is 6.94. The standard InChI is InChI=1S/C21H35NO4/c1-20(2)10-7-11-21(3,4)22(20)13-17(23)15-26-14-16-12-18(24-5)8-9-19(16)25-6/h8-9,12,17,23H,7,10-11,13-15H2,1-6H3. The lowest BCUT2D eigenvalue weighted by molar-refractivity contribution is -0.0715. The Morgan fingerprint density at radius 2 is 1.73 bits per heavy atom. The number of hydrogen-bond acceptors (Lipinski definition) is 5. The summed E-state index contributed by atoms with van der Waals surface area (Å²) >= 11 is 0. The fraction of sp³-hybridized carbons (Fsp3) is 0.714. The first-order chi connectivity index (χ1) is 12.2. The van der Waals surface area contributed by atoms with Crippen molar-refractivity contribution in [2.45, 2.75) is 70.7 Å². The molecule has 2 rings (SSSR count). The van der Waals surface area contributed by atoms with E-state index >= 15 is 0 Å². The monoisotopic (exact) mass is 365 g/mol. The van der Waals surface area contributed by atoms with Crippen molar-refractivity contribution < 1.29 is 19.3 Å². The van der Waals surface area contributed by atoms with Gasteiger partial charge in [0.1, 0.15) is 11.5 Å². The van der Waals surface area contributed by atoms with Crippen LogP contribution in [0, 0.1) is 0 Å². The lowest BCUT2D eigenvalue weighted by atomic mass is 9.79. The van der Waals surface area contributed by atoms with E-state index in [9.17, 15) is 5.11 Å². The highest BCUT2D eigenvalue weighted by molar-refractivity contribution is 5.39. The predicted molar refractivity (Wildman–Crippen MR) is 104 cm³/mol. The highest BCUT2D eigenvalue weighted by atomic mass is 16.5. The number of aliphatic hydroxyl groups is 1. The molecule has 1 saturated heterocycles. The molecular formula is C21H35NO4. The summed E-state index contributed by atoms with van der Waals surface area (Å²) in [4.78, 5) is 2.43. The van der Waals surface area contributed by atoms with Crippen LogP contribution in [0.3, 0.4) is 0 Å². The molecule has 1 fully saturated rings. The molecule has 0 saturated carbocycles. The Labute approximate surface area is 158 Å². The smallest absolute Gasteiger partial charge is 0.124 e. The van der Waals surface area contributed by atoms with Crippen LogP contribution in [0.25, 0.3) is 0 Å². The zero-order valence-corrected chi connectivity index (χ0v) is 17.2. The molecule has 1 unspecified atom stereocenters. The number of aliphatic hydroxyl groups excluding tert-OH is 1. The molecule has 5 nitrogen and oxygen atoms in total. The molecule has 0 spiro atoms. The molecule has 1 aromatic carbocycles. The second-order valence-electron chi connectivity index (χ2n) is 8.44. The second-order valence-corrected chi connectivity index (χ2v) is 8.44. The molecule has 1 N–H and O–H groups in total. The summed E-state index contributed by atoms with van der Waals surface area (Å²) in [7, 11) is 3.28. The van der Waals surface area contributed by atoms with Crippen LogP contribution in [0.1, 0.15) is 52.5 Å². The van der Waals surface area contributed by atoms with E-state index in [2.05, 4.69) is 32.6 Å². The molecule has 1 heterocycles. The lowest BCUT2D eigenvalue weighted by Crippen LogP contribution is -2.60. The van der Waals surface area contributed by atoms with Gasteiger partial charge in [0.05, 0.1) is 33.5 Å². The van der Waals surface area contributed by atoms with E-state index in [0.29, 0.717) is 19.8 Å². The van der Waals surface area contributed by atoms with Gasteiger partial charge in [-0.15, -0.1) is 0 Å². The number of rotatable bonds is 8. The average molecular weight is 366 g/mol. The van der Waals surface area contributed by atoms with E-state index in [1.54, 1.807) is 14.2 Å². The fourth-order valence-electron chi connectivity index (χ4n) is 4.10. The number of β-amino-alcohol motifs (C(OH)–C–C–N with tert-alkyl or cyclic N) is 1. The molecule has 1 aliphatic heterocycles. The van der Waals surface area contributed by atoms with Gasteiger partial charge in [0, 0.05) is 23.2 Å². The highest BCUT2D eigenvalue weighted by Gasteiger charge is 2.41. The number of likely N-dealkylation sites (tertiary alicyclic amines) is 1. The summed E-state index contributed by atoms with van der Waals surface area (Å²) in [5, 5.41) is 10.5. The van der Waals surface area contributed by atoms with Crippen LogP contribution in [0.4, 0.5) is 0 Å². The van der Waals surface area contributed by atoms with Gasteiger partial charge < -0.3 is 19.3 Å². The molecule has 148 valence electrons. The van der Waals surface area contributed by atoms with E-state index in [0.717, 1.165) is 29.9 Å².